The first kappa shape index (κ1) is 19.5. The summed E-state index contributed by atoms with van der Waals surface area (Å²) in [4.78, 5) is 25.5. The lowest BCUT2D eigenvalue weighted by molar-refractivity contribution is -0.143. The Labute approximate surface area is 155 Å². The number of aromatic amines is 1. The van der Waals surface area contributed by atoms with Crippen molar-refractivity contribution in [1.82, 2.24) is 4.98 Å². The minimum Gasteiger partial charge on any atom is -0.494 e. The highest BCUT2D eigenvalue weighted by molar-refractivity contribution is 5.80. The lowest BCUT2D eigenvalue weighted by Gasteiger charge is -2.10. The van der Waals surface area contributed by atoms with E-state index >= 15 is 0 Å². The van der Waals surface area contributed by atoms with Crippen molar-refractivity contribution < 1.29 is 14.3 Å². The van der Waals surface area contributed by atoms with Crippen LogP contribution in [0.15, 0.2) is 29.1 Å². The zero-order valence-corrected chi connectivity index (χ0v) is 14.7. The fourth-order valence-electron chi connectivity index (χ4n) is 2.49. The molecule has 0 bridgehead atoms. The average molecular weight is 366 g/mol. The van der Waals surface area contributed by atoms with Crippen molar-refractivity contribution in [3.63, 3.8) is 0 Å². The first-order valence-corrected chi connectivity index (χ1v) is 8.26. The summed E-state index contributed by atoms with van der Waals surface area (Å²) in [5, 5.41) is 18.6. The number of nitrogens with zero attached hydrogens (tertiary/aromatic N) is 2. The number of nitrogens with one attached hydrogen (secondary N) is 1. The molecule has 138 valence electrons. The number of ether oxygens (including phenoxy) is 2. The largest absolute Gasteiger partial charge is 0.494 e. The number of aromatic nitrogens is 1. The van der Waals surface area contributed by atoms with E-state index < -0.39 is 5.56 Å². The van der Waals surface area contributed by atoms with Gasteiger partial charge in [-0.1, -0.05) is 12.1 Å². The van der Waals surface area contributed by atoms with Crippen LogP contribution in [-0.4, -0.2) is 24.2 Å². The first-order chi connectivity index (χ1) is 13.0. The summed E-state index contributed by atoms with van der Waals surface area (Å²) in [5.41, 5.74) is 5.60. The van der Waals surface area contributed by atoms with Gasteiger partial charge in [-0.25, -0.2) is 0 Å². The van der Waals surface area contributed by atoms with Crippen molar-refractivity contribution in [1.29, 1.82) is 10.5 Å². The number of carbonyl (C=O) groups excluding carboxylic acids is 1. The monoisotopic (exact) mass is 366 g/mol. The Bertz CT molecular complexity index is 965. The number of benzene rings is 1. The van der Waals surface area contributed by atoms with Crippen molar-refractivity contribution in [3.05, 3.63) is 45.7 Å². The molecule has 3 N–H and O–H groups in total. The second-order valence-corrected chi connectivity index (χ2v) is 5.50. The summed E-state index contributed by atoms with van der Waals surface area (Å²) in [5.74, 6) is 0.199. The summed E-state index contributed by atoms with van der Waals surface area (Å²) in [7, 11) is 0. The number of carbonyl (C=O) groups is 1. The number of rotatable bonds is 7. The van der Waals surface area contributed by atoms with E-state index in [1.165, 1.54) is 0 Å². The summed E-state index contributed by atoms with van der Waals surface area (Å²) in [6.45, 7) is 2.44. The summed E-state index contributed by atoms with van der Waals surface area (Å²) in [6, 6.07) is 10.3. The smallest absolute Gasteiger partial charge is 0.305 e. The molecule has 27 heavy (non-hydrogen) atoms. The molecule has 0 amide bonds. The van der Waals surface area contributed by atoms with E-state index in [-0.39, 0.29) is 34.9 Å². The Morgan fingerprint density at radius 1 is 1.19 bits per heavy atom. The molecular formula is C19H18N4O4. The molecule has 8 heteroatoms. The minimum atomic E-state index is -0.650. The number of esters is 1. The van der Waals surface area contributed by atoms with Crippen LogP contribution in [0.4, 0.5) is 5.82 Å². The molecule has 0 aliphatic carbocycles. The Morgan fingerprint density at radius 3 is 2.44 bits per heavy atom. The Morgan fingerprint density at radius 2 is 1.85 bits per heavy atom. The Hall–Kier alpha value is -3.78. The Balaban J connectivity index is 2.17. The molecule has 1 heterocycles. The molecule has 0 spiro atoms. The van der Waals surface area contributed by atoms with Gasteiger partial charge in [0.05, 0.1) is 13.2 Å². The third-order valence-electron chi connectivity index (χ3n) is 3.71. The molecule has 0 radical (unpaired) electrons. The van der Waals surface area contributed by atoms with Crippen LogP contribution in [0.1, 0.15) is 30.9 Å². The summed E-state index contributed by atoms with van der Waals surface area (Å²) in [6.07, 6.45) is 0.789. The second kappa shape index (κ2) is 9.07. The van der Waals surface area contributed by atoms with Gasteiger partial charge in [-0.15, -0.1) is 0 Å². The van der Waals surface area contributed by atoms with E-state index in [2.05, 4.69) is 4.98 Å². The highest BCUT2D eigenvalue weighted by Gasteiger charge is 2.18. The molecule has 1 aromatic heterocycles. The number of nitrogen functional groups attached to an aromatic ring is 1. The number of hydrogen-bond acceptors (Lipinski definition) is 7. The summed E-state index contributed by atoms with van der Waals surface area (Å²) >= 11 is 0. The van der Waals surface area contributed by atoms with E-state index in [0.29, 0.717) is 30.9 Å². The zero-order chi connectivity index (χ0) is 19.8. The van der Waals surface area contributed by atoms with E-state index in [0.717, 1.165) is 0 Å². The molecule has 0 aliphatic rings. The van der Waals surface area contributed by atoms with Gasteiger partial charge in [0.1, 0.15) is 34.8 Å². The van der Waals surface area contributed by atoms with Crippen LogP contribution in [0.3, 0.4) is 0 Å². The second-order valence-electron chi connectivity index (χ2n) is 5.50. The molecular weight excluding hydrogens is 348 g/mol. The van der Waals surface area contributed by atoms with Crippen LogP contribution < -0.4 is 16.0 Å². The van der Waals surface area contributed by atoms with Crippen molar-refractivity contribution in [2.24, 2.45) is 0 Å². The SMILES string of the molecule is CCOC(=O)CCCOc1ccc(-c2c(C#N)c(N)[nH]c(=O)c2C#N)cc1. The average Bonchev–Trinajstić information content (AvgIpc) is 2.65. The predicted molar refractivity (Wildman–Crippen MR) is 97.7 cm³/mol. The molecule has 8 nitrogen and oxygen atoms in total. The standard InChI is InChI=1S/C19H18N4O4/c1-2-26-16(24)4-3-9-27-13-7-5-12(6-8-13)17-14(10-20)18(22)23-19(25)15(17)11-21/h5-8H,2-4,9H2,1H3,(H3,22,23,25). The Kier molecular flexibility index (Phi) is 6.56. The quantitative estimate of drug-likeness (QED) is 0.564. The van der Waals surface area contributed by atoms with Crippen LogP contribution in [0.2, 0.25) is 0 Å². The highest BCUT2D eigenvalue weighted by atomic mass is 16.5. The molecule has 0 atom stereocenters. The molecule has 0 aliphatic heterocycles. The maximum absolute atomic E-state index is 11.9. The van der Waals surface area contributed by atoms with Crippen LogP contribution in [0.5, 0.6) is 5.75 Å². The van der Waals surface area contributed by atoms with Crippen molar-refractivity contribution >= 4 is 11.8 Å². The van der Waals surface area contributed by atoms with E-state index in [9.17, 15) is 20.1 Å². The van der Waals surface area contributed by atoms with Gasteiger partial charge in [0, 0.05) is 12.0 Å². The third kappa shape index (κ3) is 4.65. The van der Waals surface area contributed by atoms with Crippen LogP contribution in [0.25, 0.3) is 11.1 Å². The van der Waals surface area contributed by atoms with Gasteiger partial charge < -0.3 is 20.2 Å². The van der Waals surface area contributed by atoms with Crippen LogP contribution in [0, 0.1) is 22.7 Å². The predicted octanol–water partition coefficient (Wildman–Crippen LogP) is 2.09. The maximum Gasteiger partial charge on any atom is 0.305 e. The van der Waals surface area contributed by atoms with Crippen molar-refractivity contribution in [2.75, 3.05) is 18.9 Å². The lowest BCUT2D eigenvalue weighted by Crippen LogP contribution is -2.16. The van der Waals surface area contributed by atoms with Crippen molar-refractivity contribution in [2.45, 2.75) is 19.8 Å². The van der Waals surface area contributed by atoms with Gasteiger partial charge in [-0.2, -0.15) is 10.5 Å². The summed E-state index contributed by atoms with van der Waals surface area (Å²) < 4.78 is 10.4. The number of nitrogens with two attached hydrogens (primary N) is 1. The van der Waals surface area contributed by atoms with Crippen LogP contribution >= 0.6 is 0 Å². The van der Waals surface area contributed by atoms with Gasteiger partial charge >= 0.3 is 5.97 Å². The lowest BCUT2D eigenvalue weighted by atomic mass is 9.96. The highest BCUT2D eigenvalue weighted by Crippen LogP contribution is 2.29. The maximum atomic E-state index is 11.9. The van der Waals surface area contributed by atoms with E-state index in [1.54, 1.807) is 31.2 Å². The molecule has 0 saturated heterocycles. The number of nitriles is 2. The normalized spacial score (nSPS) is 9.89. The molecule has 2 rings (SSSR count). The number of H-pyrrole nitrogens is 1. The minimum absolute atomic E-state index is 0.0363. The number of pyridine rings is 1. The van der Waals surface area contributed by atoms with E-state index in [4.69, 9.17) is 15.2 Å². The third-order valence-corrected chi connectivity index (χ3v) is 3.71. The molecule has 2 aromatic rings. The van der Waals surface area contributed by atoms with Gasteiger partial charge in [-0.05, 0) is 31.0 Å². The van der Waals surface area contributed by atoms with Gasteiger partial charge in [-0.3, -0.25) is 9.59 Å². The van der Waals surface area contributed by atoms with Gasteiger partial charge in [0.15, 0.2) is 0 Å². The van der Waals surface area contributed by atoms with E-state index in [1.807, 2.05) is 12.1 Å². The fourth-order valence-corrected chi connectivity index (χ4v) is 2.49. The number of anilines is 1. The zero-order valence-electron chi connectivity index (χ0n) is 14.7. The molecule has 0 saturated carbocycles. The molecule has 0 fully saturated rings. The molecule has 0 unspecified atom stereocenters. The fraction of sp³-hybridized carbons (Fsp3) is 0.263. The molecule has 1 aromatic carbocycles. The van der Waals surface area contributed by atoms with Gasteiger partial charge in [0.2, 0.25) is 0 Å². The number of hydrogen-bond donors (Lipinski definition) is 2. The van der Waals surface area contributed by atoms with Crippen molar-refractivity contribution in [3.8, 4) is 29.0 Å². The van der Waals surface area contributed by atoms with Crippen LogP contribution in [-0.2, 0) is 9.53 Å². The topological polar surface area (TPSA) is 142 Å². The van der Waals surface area contributed by atoms with Gasteiger partial charge in [0.25, 0.3) is 5.56 Å². The first-order valence-electron chi connectivity index (χ1n) is 8.26.